The van der Waals surface area contributed by atoms with Crippen molar-refractivity contribution in [2.24, 2.45) is 0 Å². The highest BCUT2D eigenvalue weighted by molar-refractivity contribution is 6.30. The van der Waals surface area contributed by atoms with Gasteiger partial charge < -0.3 is 9.84 Å². The quantitative estimate of drug-likeness (QED) is 0.803. The molecule has 0 unspecified atom stereocenters. The molecule has 0 aliphatic heterocycles. The molecule has 0 saturated heterocycles. The van der Waals surface area contributed by atoms with E-state index < -0.39 is 0 Å². The smallest absolute Gasteiger partial charge is 0.119 e. The Kier molecular flexibility index (Phi) is 4.09. The van der Waals surface area contributed by atoms with Gasteiger partial charge in [0.1, 0.15) is 17.1 Å². The highest BCUT2D eigenvalue weighted by Gasteiger charge is 2.15. The molecule has 3 rings (SSSR count). The molecule has 1 aromatic heterocycles. The highest BCUT2D eigenvalue weighted by atomic mass is 35.5. The third-order valence-corrected chi connectivity index (χ3v) is 3.58. The molecule has 0 aliphatic rings. The van der Waals surface area contributed by atoms with Gasteiger partial charge in [0.15, 0.2) is 0 Å². The van der Waals surface area contributed by atoms with Crippen LogP contribution in [0.5, 0.6) is 5.75 Å². The summed E-state index contributed by atoms with van der Waals surface area (Å²) in [5.74, 6) is 0.763. The van der Waals surface area contributed by atoms with E-state index in [-0.39, 0.29) is 6.61 Å². The van der Waals surface area contributed by atoms with Crippen LogP contribution in [0.15, 0.2) is 48.5 Å². The number of ether oxygens (including phenoxy) is 1. The first-order chi connectivity index (χ1) is 10.7. The SMILES string of the molecule is COc1ccc(-n2nnc(CO)c2-c2ccc(Cl)cc2)cc1. The molecule has 0 saturated carbocycles. The van der Waals surface area contributed by atoms with Gasteiger partial charge in [-0.3, -0.25) is 0 Å². The first-order valence-corrected chi connectivity index (χ1v) is 7.06. The van der Waals surface area contributed by atoms with Crippen molar-refractivity contribution in [1.29, 1.82) is 0 Å². The van der Waals surface area contributed by atoms with Gasteiger partial charge in [-0.25, -0.2) is 4.68 Å². The average molecular weight is 316 g/mol. The Hall–Kier alpha value is -2.37. The molecule has 5 nitrogen and oxygen atoms in total. The van der Waals surface area contributed by atoms with Crippen molar-refractivity contribution < 1.29 is 9.84 Å². The molecule has 0 bridgehead atoms. The number of hydrogen-bond donors (Lipinski definition) is 1. The number of nitrogens with zero attached hydrogens (tertiary/aromatic N) is 3. The Labute approximate surface area is 132 Å². The molecule has 0 radical (unpaired) electrons. The van der Waals surface area contributed by atoms with E-state index >= 15 is 0 Å². The molecule has 0 spiro atoms. The third-order valence-electron chi connectivity index (χ3n) is 3.32. The Morgan fingerprint density at radius 1 is 1.09 bits per heavy atom. The van der Waals surface area contributed by atoms with Crippen molar-refractivity contribution in [2.75, 3.05) is 7.11 Å². The minimum Gasteiger partial charge on any atom is -0.497 e. The molecule has 6 heteroatoms. The lowest BCUT2D eigenvalue weighted by atomic mass is 10.1. The van der Waals surface area contributed by atoms with E-state index in [1.165, 1.54) is 0 Å². The van der Waals surface area contributed by atoms with Gasteiger partial charge in [0.25, 0.3) is 0 Å². The summed E-state index contributed by atoms with van der Waals surface area (Å²) in [5.41, 5.74) is 2.97. The molecule has 0 aliphatic carbocycles. The monoisotopic (exact) mass is 315 g/mol. The molecule has 1 N–H and O–H groups in total. The summed E-state index contributed by atoms with van der Waals surface area (Å²) in [6, 6.07) is 14.8. The van der Waals surface area contributed by atoms with Gasteiger partial charge >= 0.3 is 0 Å². The first kappa shape index (κ1) is 14.6. The molecule has 1 heterocycles. The molecule has 0 amide bonds. The van der Waals surface area contributed by atoms with Crippen LogP contribution < -0.4 is 4.74 Å². The number of rotatable bonds is 4. The number of halogens is 1. The second-order valence-corrected chi connectivity index (χ2v) is 5.10. The fourth-order valence-corrected chi connectivity index (χ4v) is 2.35. The van der Waals surface area contributed by atoms with Crippen molar-refractivity contribution in [3.63, 3.8) is 0 Å². The third kappa shape index (κ3) is 2.68. The maximum Gasteiger partial charge on any atom is 0.119 e. The summed E-state index contributed by atoms with van der Waals surface area (Å²) in [6.45, 7) is -0.186. The summed E-state index contributed by atoms with van der Waals surface area (Å²) >= 11 is 5.94. The van der Waals surface area contributed by atoms with Gasteiger partial charge in [-0.05, 0) is 36.4 Å². The van der Waals surface area contributed by atoms with Crippen molar-refractivity contribution in [3.8, 4) is 22.7 Å². The summed E-state index contributed by atoms with van der Waals surface area (Å²) < 4.78 is 6.85. The maximum atomic E-state index is 9.51. The zero-order valence-corrected chi connectivity index (χ0v) is 12.7. The molecule has 0 fully saturated rings. The predicted octanol–water partition coefficient (Wildman–Crippen LogP) is 3.09. The highest BCUT2D eigenvalue weighted by Crippen LogP contribution is 2.27. The van der Waals surface area contributed by atoms with Crippen molar-refractivity contribution >= 4 is 11.6 Å². The molecular weight excluding hydrogens is 302 g/mol. The van der Waals surface area contributed by atoms with E-state index in [9.17, 15) is 5.11 Å². The van der Waals surface area contributed by atoms with E-state index in [1.807, 2.05) is 36.4 Å². The Bertz CT molecular complexity index is 767. The van der Waals surface area contributed by atoms with Crippen LogP contribution in [0.3, 0.4) is 0 Å². The van der Waals surface area contributed by atoms with E-state index in [4.69, 9.17) is 16.3 Å². The first-order valence-electron chi connectivity index (χ1n) is 6.68. The lowest BCUT2D eigenvalue weighted by molar-refractivity contribution is 0.277. The van der Waals surface area contributed by atoms with Crippen LogP contribution in [-0.2, 0) is 6.61 Å². The van der Waals surface area contributed by atoms with Crippen molar-refractivity contribution in [3.05, 3.63) is 59.2 Å². The molecule has 0 atom stereocenters. The zero-order chi connectivity index (χ0) is 15.5. The van der Waals surface area contributed by atoms with E-state index in [1.54, 1.807) is 23.9 Å². The number of aliphatic hydroxyl groups excluding tert-OH is 1. The average Bonchev–Trinajstić information content (AvgIpc) is 2.99. The Morgan fingerprint density at radius 2 is 1.77 bits per heavy atom. The van der Waals surface area contributed by atoms with E-state index in [0.29, 0.717) is 10.7 Å². The Balaban J connectivity index is 2.11. The minimum absolute atomic E-state index is 0.186. The molecular formula is C16H14ClN3O2. The summed E-state index contributed by atoms with van der Waals surface area (Å²) in [7, 11) is 1.62. The molecule has 112 valence electrons. The van der Waals surface area contributed by atoms with Gasteiger partial charge in [0, 0.05) is 10.6 Å². The normalized spacial score (nSPS) is 10.7. The van der Waals surface area contributed by atoms with Crippen LogP contribution in [0, 0.1) is 0 Å². The van der Waals surface area contributed by atoms with Crippen LogP contribution >= 0.6 is 11.6 Å². The van der Waals surface area contributed by atoms with Gasteiger partial charge in [-0.1, -0.05) is 28.9 Å². The van der Waals surface area contributed by atoms with E-state index in [2.05, 4.69) is 10.3 Å². The number of aromatic nitrogens is 3. The number of hydrogen-bond acceptors (Lipinski definition) is 4. The maximum absolute atomic E-state index is 9.51. The van der Waals surface area contributed by atoms with Crippen LogP contribution in [0.25, 0.3) is 16.9 Å². The van der Waals surface area contributed by atoms with Crippen molar-refractivity contribution in [1.82, 2.24) is 15.0 Å². The minimum atomic E-state index is -0.186. The van der Waals surface area contributed by atoms with Gasteiger partial charge in [0.05, 0.1) is 19.4 Å². The summed E-state index contributed by atoms with van der Waals surface area (Å²) in [6.07, 6.45) is 0. The molecule has 22 heavy (non-hydrogen) atoms. The van der Waals surface area contributed by atoms with Gasteiger partial charge in [-0.2, -0.15) is 0 Å². The Morgan fingerprint density at radius 3 is 2.36 bits per heavy atom. The second kappa shape index (κ2) is 6.17. The molecule has 3 aromatic rings. The van der Waals surface area contributed by atoms with Crippen LogP contribution in [-0.4, -0.2) is 27.2 Å². The second-order valence-electron chi connectivity index (χ2n) is 4.66. The zero-order valence-electron chi connectivity index (χ0n) is 11.9. The lowest BCUT2D eigenvalue weighted by Crippen LogP contribution is -2.00. The largest absolute Gasteiger partial charge is 0.497 e. The fourth-order valence-electron chi connectivity index (χ4n) is 2.22. The topological polar surface area (TPSA) is 60.2 Å². The lowest BCUT2D eigenvalue weighted by Gasteiger charge is -2.09. The standard InChI is InChI=1S/C16H14ClN3O2/c1-22-14-8-6-13(7-9-14)20-16(15(10-21)18-19-20)11-2-4-12(17)5-3-11/h2-9,21H,10H2,1H3. The predicted molar refractivity (Wildman–Crippen MR) is 84.3 cm³/mol. The van der Waals surface area contributed by atoms with Crippen LogP contribution in [0.2, 0.25) is 5.02 Å². The van der Waals surface area contributed by atoms with Crippen molar-refractivity contribution in [2.45, 2.75) is 6.61 Å². The summed E-state index contributed by atoms with van der Waals surface area (Å²) in [5, 5.41) is 18.4. The van der Waals surface area contributed by atoms with Gasteiger partial charge in [0.2, 0.25) is 0 Å². The number of benzene rings is 2. The van der Waals surface area contributed by atoms with E-state index in [0.717, 1.165) is 22.7 Å². The number of aliphatic hydroxyl groups is 1. The van der Waals surface area contributed by atoms with Gasteiger partial charge in [-0.15, -0.1) is 5.10 Å². The molecule has 2 aromatic carbocycles. The number of methoxy groups -OCH3 is 1. The summed E-state index contributed by atoms with van der Waals surface area (Å²) in [4.78, 5) is 0. The van der Waals surface area contributed by atoms with Crippen LogP contribution in [0.4, 0.5) is 0 Å². The van der Waals surface area contributed by atoms with Crippen LogP contribution in [0.1, 0.15) is 5.69 Å². The fraction of sp³-hybridized carbons (Fsp3) is 0.125.